The summed E-state index contributed by atoms with van der Waals surface area (Å²) in [5.74, 6) is 6.99. The molecule has 0 spiro atoms. The Hall–Kier alpha value is -2.24. The number of methoxy groups -OCH3 is 2. The quantitative estimate of drug-likeness (QED) is 0.181. The molecule has 11 heteroatoms. The van der Waals surface area contributed by atoms with Crippen molar-refractivity contribution in [2.45, 2.75) is 150 Å². The SMILES string of the molecule is CC(=O)OCC1CC(C(C)C)CN(C)C1.CC(C)C.CC(C)C.CC(C)C.CNC(=O)CN(CCN(C)C)C(=O)CC(C)C.COC(C)=O.COCC1CCC(C(C)C)C1. The summed E-state index contributed by atoms with van der Waals surface area (Å²) in [4.78, 5) is 49.6. The second-order valence-corrected chi connectivity index (χ2v) is 20.0. The molecule has 2 rings (SSSR count). The van der Waals surface area contributed by atoms with Crippen LogP contribution in [-0.4, -0.2) is 127 Å². The third-order valence-corrected chi connectivity index (χ3v) is 8.80. The summed E-state index contributed by atoms with van der Waals surface area (Å²) < 4.78 is 14.4. The highest BCUT2D eigenvalue weighted by molar-refractivity contribution is 5.84. The van der Waals surface area contributed by atoms with Crippen LogP contribution >= 0.6 is 0 Å². The number of likely N-dealkylation sites (N-methyl/N-ethyl adjacent to an activating group) is 2. The number of carbonyl (C=O) groups excluding carboxylic acids is 4. The van der Waals surface area contributed by atoms with Gasteiger partial charge >= 0.3 is 11.9 Å². The zero-order valence-corrected chi connectivity index (χ0v) is 44.0. The van der Waals surface area contributed by atoms with Crippen LogP contribution in [0.25, 0.3) is 0 Å². The van der Waals surface area contributed by atoms with Crippen molar-refractivity contribution in [1.29, 1.82) is 0 Å². The summed E-state index contributed by atoms with van der Waals surface area (Å²) in [6, 6.07) is 0. The standard InChI is InChI=1S/C12H25N3O2.C12H23NO2.C10H20O.3C4H10.C3H6O2/c1-10(2)8-12(17)15(7-6-14(4)5)9-11(16)13-3;1-9(2)12-5-11(6-13(4)7-12)8-15-10(3)14;1-8(2)10-5-4-9(6-10)7-11-3;3*1-4(2)3;1-3(4)5-2/h10H,6-9H2,1-5H3,(H,13,16);9,11-12H,5-8H2,1-4H3;8-10H,4-7H2,1-3H3;3*4H,1-3H3;1-2H3. The van der Waals surface area contributed by atoms with E-state index in [1.54, 1.807) is 11.9 Å². The lowest BCUT2D eigenvalue weighted by atomic mass is 9.83. The lowest BCUT2D eigenvalue weighted by Gasteiger charge is -2.37. The van der Waals surface area contributed by atoms with E-state index >= 15 is 0 Å². The fourth-order valence-corrected chi connectivity index (χ4v) is 5.78. The first-order valence-corrected chi connectivity index (χ1v) is 23.0. The van der Waals surface area contributed by atoms with Crippen LogP contribution in [0, 0.1) is 59.2 Å². The van der Waals surface area contributed by atoms with Gasteiger partial charge in [0.15, 0.2) is 0 Å². The van der Waals surface area contributed by atoms with E-state index in [9.17, 15) is 19.2 Å². The lowest BCUT2D eigenvalue weighted by Crippen LogP contribution is -2.43. The van der Waals surface area contributed by atoms with E-state index in [1.165, 1.54) is 53.2 Å². The summed E-state index contributed by atoms with van der Waals surface area (Å²) in [5, 5.41) is 2.54. The normalized spacial score (nSPS) is 18.2. The van der Waals surface area contributed by atoms with Crippen LogP contribution in [-0.2, 0) is 33.4 Å². The van der Waals surface area contributed by atoms with E-state index in [0.29, 0.717) is 37.3 Å². The highest BCUT2D eigenvalue weighted by Gasteiger charge is 2.28. The molecule has 11 nitrogen and oxygen atoms in total. The van der Waals surface area contributed by atoms with Crippen LogP contribution < -0.4 is 5.32 Å². The van der Waals surface area contributed by atoms with E-state index in [-0.39, 0.29) is 30.3 Å². The van der Waals surface area contributed by atoms with Gasteiger partial charge in [-0.2, -0.15) is 0 Å². The molecular formula is C49H104N4O7. The van der Waals surface area contributed by atoms with Gasteiger partial charge in [0, 0.05) is 73.1 Å². The van der Waals surface area contributed by atoms with Crippen molar-refractivity contribution < 1.29 is 33.4 Å². The topological polar surface area (TPSA) is 118 Å². The molecule has 1 aliphatic heterocycles. The molecule has 0 aromatic rings. The number of hydrogen-bond donors (Lipinski definition) is 1. The van der Waals surface area contributed by atoms with Gasteiger partial charge in [-0.3, -0.25) is 19.2 Å². The van der Waals surface area contributed by atoms with Crippen molar-refractivity contribution in [3.05, 3.63) is 0 Å². The van der Waals surface area contributed by atoms with Crippen LogP contribution in [0.4, 0.5) is 0 Å². The van der Waals surface area contributed by atoms with Crippen LogP contribution in [0.5, 0.6) is 0 Å². The number of amides is 2. The van der Waals surface area contributed by atoms with E-state index < -0.39 is 0 Å². The van der Waals surface area contributed by atoms with Crippen LogP contribution in [0.3, 0.4) is 0 Å². The van der Waals surface area contributed by atoms with E-state index in [2.05, 4.69) is 112 Å². The molecule has 2 aliphatic rings. The Morgan fingerprint density at radius 2 is 1.12 bits per heavy atom. The summed E-state index contributed by atoms with van der Waals surface area (Å²) in [7, 11) is 10.8. The fraction of sp³-hybridized carbons (Fsp3) is 0.918. The molecule has 2 amide bonds. The molecule has 4 atom stereocenters. The number of nitrogens with zero attached hydrogens (tertiary/aromatic N) is 3. The van der Waals surface area contributed by atoms with Gasteiger partial charge in [0.1, 0.15) is 0 Å². The number of likely N-dealkylation sites (tertiary alicyclic amines) is 1. The second-order valence-electron chi connectivity index (χ2n) is 20.0. The first-order valence-electron chi connectivity index (χ1n) is 23.0. The molecule has 1 heterocycles. The molecule has 1 aliphatic carbocycles. The van der Waals surface area contributed by atoms with Crippen molar-refractivity contribution in [3.8, 4) is 0 Å². The van der Waals surface area contributed by atoms with Crippen molar-refractivity contribution in [3.63, 3.8) is 0 Å². The van der Waals surface area contributed by atoms with Crippen molar-refractivity contribution in [2.24, 2.45) is 59.2 Å². The Kier molecular flexibility index (Phi) is 46.9. The van der Waals surface area contributed by atoms with Crippen molar-refractivity contribution in [2.75, 3.05) is 88.3 Å². The van der Waals surface area contributed by atoms with Gasteiger partial charge in [0.2, 0.25) is 11.8 Å². The first kappa shape index (κ1) is 66.9. The maximum Gasteiger partial charge on any atom is 0.302 e. The summed E-state index contributed by atoms with van der Waals surface area (Å²) in [6.45, 7) is 40.8. The van der Waals surface area contributed by atoms with Gasteiger partial charge in [0.05, 0.1) is 20.3 Å². The molecule has 362 valence electrons. The Labute approximate surface area is 373 Å². The smallest absolute Gasteiger partial charge is 0.302 e. The van der Waals surface area contributed by atoms with Gasteiger partial charge in [-0.25, -0.2) is 0 Å². The molecule has 0 radical (unpaired) electrons. The second kappa shape index (κ2) is 42.1. The first-order chi connectivity index (χ1) is 27.6. The van der Waals surface area contributed by atoms with E-state index in [1.807, 2.05) is 40.0 Å². The lowest BCUT2D eigenvalue weighted by molar-refractivity contribution is -0.143. The predicted molar refractivity (Wildman–Crippen MR) is 256 cm³/mol. The molecule has 4 unspecified atom stereocenters. The minimum Gasteiger partial charge on any atom is -0.469 e. The number of esters is 2. The van der Waals surface area contributed by atoms with Crippen LogP contribution in [0.2, 0.25) is 0 Å². The minimum absolute atomic E-state index is 0.0467. The number of carbonyl (C=O) groups is 4. The number of nitrogens with one attached hydrogen (secondary N) is 1. The zero-order chi connectivity index (χ0) is 48.1. The molecule has 0 bridgehead atoms. The molecule has 1 saturated carbocycles. The Morgan fingerprint density at radius 1 is 0.667 bits per heavy atom. The molecule has 0 aromatic heterocycles. The average molecular weight is 861 g/mol. The summed E-state index contributed by atoms with van der Waals surface area (Å²) >= 11 is 0. The van der Waals surface area contributed by atoms with Crippen LogP contribution in [0.1, 0.15) is 150 Å². The van der Waals surface area contributed by atoms with E-state index in [4.69, 9.17) is 9.47 Å². The average Bonchev–Trinajstić information content (AvgIpc) is 3.58. The fourth-order valence-electron chi connectivity index (χ4n) is 5.78. The third kappa shape index (κ3) is 53.8. The molecule has 0 aromatic carbocycles. The zero-order valence-electron chi connectivity index (χ0n) is 44.0. The largest absolute Gasteiger partial charge is 0.469 e. The van der Waals surface area contributed by atoms with Crippen molar-refractivity contribution in [1.82, 2.24) is 20.0 Å². The minimum atomic E-state index is -0.245. The van der Waals surface area contributed by atoms with Crippen molar-refractivity contribution >= 4 is 23.8 Å². The van der Waals surface area contributed by atoms with Gasteiger partial charge < -0.3 is 34.2 Å². The van der Waals surface area contributed by atoms with Gasteiger partial charge in [-0.1, -0.05) is 104 Å². The summed E-state index contributed by atoms with van der Waals surface area (Å²) in [5.41, 5.74) is 0. The maximum absolute atomic E-state index is 11.9. The Bertz CT molecular complexity index is 995. The molecular weight excluding hydrogens is 757 g/mol. The Morgan fingerprint density at radius 3 is 1.45 bits per heavy atom. The molecule has 1 N–H and O–H groups in total. The van der Waals surface area contributed by atoms with Crippen LogP contribution in [0.15, 0.2) is 0 Å². The maximum atomic E-state index is 11.9. The monoisotopic (exact) mass is 861 g/mol. The van der Waals surface area contributed by atoms with E-state index in [0.717, 1.165) is 61.1 Å². The third-order valence-electron chi connectivity index (χ3n) is 8.80. The van der Waals surface area contributed by atoms with Gasteiger partial charge in [-0.15, -0.1) is 0 Å². The highest BCUT2D eigenvalue weighted by Crippen LogP contribution is 2.35. The molecule has 2 fully saturated rings. The number of ether oxygens (including phenoxy) is 3. The molecule has 60 heavy (non-hydrogen) atoms. The van der Waals surface area contributed by atoms with Gasteiger partial charge in [-0.05, 0) is 100 Å². The number of piperidine rings is 1. The summed E-state index contributed by atoms with van der Waals surface area (Å²) in [6.07, 6.45) is 5.88. The predicted octanol–water partition coefficient (Wildman–Crippen LogP) is 9.81. The number of rotatable bonds is 13. The Balaban J connectivity index is -0.000000213. The van der Waals surface area contributed by atoms with Gasteiger partial charge in [0.25, 0.3) is 0 Å². The number of hydrogen-bond acceptors (Lipinski definition) is 9. The molecule has 1 saturated heterocycles. The highest BCUT2D eigenvalue weighted by atomic mass is 16.5.